The van der Waals surface area contributed by atoms with Crippen LogP contribution in [0.2, 0.25) is 0 Å². The Kier molecular flexibility index (Phi) is 8.80. The molecular weight excluding hydrogens is 544 g/mol. The van der Waals surface area contributed by atoms with Gasteiger partial charge < -0.3 is 5.32 Å². The van der Waals surface area contributed by atoms with E-state index in [0.29, 0.717) is 39.3 Å². The molecule has 9 nitrogen and oxygen atoms in total. The first kappa shape index (κ1) is 29.5. The molecule has 0 bridgehead atoms. The average molecular weight is 579 g/mol. The molecule has 1 unspecified atom stereocenters. The summed E-state index contributed by atoms with van der Waals surface area (Å²) in [6.45, 7) is 10.3. The topological polar surface area (TPSA) is 138 Å². The Hall–Kier alpha value is -3.49. The van der Waals surface area contributed by atoms with Gasteiger partial charge in [0, 0.05) is 34.9 Å². The van der Waals surface area contributed by atoms with Gasteiger partial charge in [-0.15, -0.1) is 11.8 Å². The molecule has 1 aliphatic rings. The molecule has 0 saturated heterocycles. The van der Waals surface area contributed by atoms with Gasteiger partial charge in [0.05, 0.1) is 10.5 Å². The van der Waals surface area contributed by atoms with Gasteiger partial charge in [-0.3, -0.25) is 4.79 Å². The minimum absolute atomic E-state index is 0.00875. The zero-order valence-corrected chi connectivity index (χ0v) is 25.0. The van der Waals surface area contributed by atoms with E-state index in [1.165, 1.54) is 36.0 Å². The number of thioether (sulfide) groups is 1. The number of nitriles is 1. The number of amides is 1. The monoisotopic (exact) mass is 578 g/mol. The molecule has 1 amide bonds. The van der Waals surface area contributed by atoms with Crippen LogP contribution in [0.5, 0.6) is 0 Å². The summed E-state index contributed by atoms with van der Waals surface area (Å²) >= 11 is 1.40. The smallest absolute Gasteiger partial charge is 0.264 e. The second-order valence-corrected chi connectivity index (χ2v) is 13.9. The van der Waals surface area contributed by atoms with E-state index in [1.807, 2.05) is 6.07 Å². The zero-order valence-electron chi connectivity index (χ0n) is 23.4. The minimum atomic E-state index is -3.89. The predicted octanol–water partition coefficient (Wildman–Crippen LogP) is 5.43. The molecule has 1 aromatic carbocycles. The lowest BCUT2D eigenvalue weighted by Crippen LogP contribution is -2.27. The lowest BCUT2D eigenvalue weighted by atomic mass is 9.71. The van der Waals surface area contributed by atoms with Crippen LogP contribution in [0.3, 0.4) is 0 Å². The van der Waals surface area contributed by atoms with Crippen LogP contribution >= 0.6 is 11.8 Å². The first-order valence-corrected chi connectivity index (χ1v) is 15.6. The second kappa shape index (κ2) is 11.9. The van der Waals surface area contributed by atoms with Crippen LogP contribution < -0.4 is 10.0 Å². The van der Waals surface area contributed by atoms with Crippen molar-refractivity contribution in [3.63, 3.8) is 0 Å². The molecule has 210 valence electrons. The van der Waals surface area contributed by atoms with Crippen LogP contribution in [-0.2, 0) is 27.7 Å². The molecule has 2 N–H and O–H groups in total. The SMILES string of the molecule is Cc1cc(C)nc(NS(=O)(=O)c2ccc(NC(=O)CCSc3nc4c(cc3C#N)CC(C(C)(C)C)CC4)cc2)n1. The highest BCUT2D eigenvalue weighted by atomic mass is 32.2. The summed E-state index contributed by atoms with van der Waals surface area (Å²) in [6.07, 6.45) is 3.13. The Morgan fingerprint density at radius 2 is 1.77 bits per heavy atom. The van der Waals surface area contributed by atoms with Crippen molar-refractivity contribution in [3.8, 4) is 6.07 Å². The van der Waals surface area contributed by atoms with Crippen LogP contribution in [0.15, 0.2) is 46.3 Å². The maximum atomic E-state index is 12.7. The van der Waals surface area contributed by atoms with Crippen molar-refractivity contribution in [1.29, 1.82) is 5.26 Å². The number of hydrogen-bond acceptors (Lipinski definition) is 8. The number of hydrogen-bond donors (Lipinski definition) is 2. The van der Waals surface area contributed by atoms with Crippen molar-refractivity contribution < 1.29 is 13.2 Å². The normalized spacial score (nSPS) is 15.2. The van der Waals surface area contributed by atoms with E-state index in [4.69, 9.17) is 4.98 Å². The van der Waals surface area contributed by atoms with Gasteiger partial charge in [0.15, 0.2) is 0 Å². The molecule has 3 aromatic rings. The van der Waals surface area contributed by atoms with Crippen molar-refractivity contribution in [2.45, 2.75) is 70.2 Å². The van der Waals surface area contributed by atoms with Crippen molar-refractivity contribution in [2.75, 3.05) is 15.8 Å². The number of anilines is 2. The van der Waals surface area contributed by atoms with E-state index in [9.17, 15) is 18.5 Å². The van der Waals surface area contributed by atoms with Crippen LogP contribution in [0.1, 0.15) is 61.8 Å². The highest BCUT2D eigenvalue weighted by Gasteiger charge is 2.30. The van der Waals surface area contributed by atoms with Crippen LogP contribution in [0.4, 0.5) is 11.6 Å². The zero-order chi connectivity index (χ0) is 29.1. The van der Waals surface area contributed by atoms with Gasteiger partial charge >= 0.3 is 0 Å². The summed E-state index contributed by atoms with van der Waals surface area (Å²) in [6, 6.07) is 11.9. The van der Waals surface area contributed by atoms with E-state index < -0.39 is 10.0 Å². The number of nitrogens with one attached hydrogen (secondary N) is 2. The summed E-state index contributed by atoms with van der Waals surface area (Å²) in [5.41, 5.74) is 4.77. The minimum Gasteiger partial charge on any atom is -0.326 e. The Morgan fingerprint density at radius 1 is 1.10 bits per heavy atom. The molecule has 2 aromatic heterocycles. The summed E-state index contributed by atoms with van der Waals surface area (Å²) in [5, 5.41) is 13.2. The first-order valence-electron chi connectivity index (χ1n) is 13.1. The van der Waals surface area contributed by atoms with Crippen molar-refractivity contribution in [1.82, 2.24) is 15.0 Å². The van der Waals surface area contributed by atoms with Crippen molar-refractivity contribution >= 4 is 39.3 Å². The molecular formula is C29H34N6O3S2. The van der Waals surface area contributed by atoms with E-state index in [1.54, 1.807) is 19.9 Å². The molecule has 4 rings (SSSR count). The number of sulfonamides is 1. The fraction of sp³-hybridized carbons (Fsp3) is 0.414. The van der Waals surface area contributed by atoms with E-state index in [2.05, 4.69) is 46.8 Å². The summed E-state index contributed by atoms with van der Waals surface area (Å²) < 4.78 is 27.8. The predicted molar refractivity (Wildman–Crippen MR) is 157 cm³/mol. The fourth-order valence-electron chi connectivity index (χ4n) is 4.71. The van der Waals surface area contributed by atoms with Gasteiger partial charge in [0.25, 0.3) is 10.0 Å². The highest BCUT2D eigenvalue weighted by molar-refractivity contribution is 7.99. The fourth-order valence-corrected chi connectivity index (χ4v) is 6.57. The number of aryl methyl sites for hydroxylation is 3. The molecule has 0 fully saturated rings. The Balaban J connectivity index is 1.32. The number of carbonyl (C=O) groups excluding carboxylic acids is 1. The largest absolute Gasteiger partial charge is 0.326 e. The molecule has 1 aliphatic carbocycles. The van der Waals surface area contributed by atoms with E-state index in [0.717, 1.165) is 30.5 Å². The Morgan fingerprint density at radius 3 is 2.40 bits per heavy atom. The van der Waals surface area contributed by atoms with Gasteiger partial charge in [0.1, 0.15) is 11.1 Å². The highest BCUT2D eigenvalue weighted by Crippen LogP contribution is 2.38. The number of aromatic nitrogens is 3. The van der Waals surface area contributed by atoms with Crippen LogP contribution in [-0.4, -0.2) is 35.0 Å². The molecule has 1 atom stereocenters. The lowest BCUT2D eigenvalue weighted by Gasteiger charge is -2.34. The third-order valence-corrected chi connectivity index (χ3v) is 9.26. The number of fused-ring (bicyclic) bond motifs is 1. The van der Waals surface area contributed by atoms with E-state index >= 15 is 0 Å². The average Bonchev–Trinajstić information content (AvgIpc) is 2.86. The van der Waals surface area contributed by atoms with Crippen LogP contribution in [0.25, 0.3) is 0 Å². The van der Waals surface area contributed by atoms with Crippen molar-refractivity contribution in [3.05, 3.63) is 64.6 Å². The molecule has 0 saturated carbocycles. The maximum Gasteiger partial charge on any atom is 0.264 e. The van der Waals surface area contributed by atoms with Gasteiger partial charge in [0.2, 0.25) is 11.9 Å². The first-order chi connectivity index (χ1) is 18.8. The van der Waals surface area contributed by atoms with Gasteiger partial charge in [-0.25, -0.2) is 28.1 Å². The molecule has 0 spiro atoms. The van der Waals surface area contributed by atoms with Gasteiger partial charge in [-0.1, -0.05) is 20.8 Å². The van der Waals surface area contributed by atoms with Crippen molar-refractivity contribution in [2.24, 2.45) is 11.3 Å². The van der Waals surface area contributed by atoms with Gasteiger partial charge in [-0.2, -0.15) is 5.26 Å². The maximum absolute atomic E-state index is 12.7. The number of pyridine rings is 1. The third-order valence-electron chi connectivity index (χ3n) is 6.92. The number of carbonyl (C=O) groups is 1. The number of benzene rings is 1. The Labute approximate surface area is 240 Å². The van der Waals surface area contributed by atoms with Crippen LogP contribution in [0, 0.1) is 36.5 Å². The molecule has 0 aliphatic heterocycles. The van der Waals surface area contributed by atoms with Gasteiger partial charge in [-0.05, 0) is 86.4 Å². The molecule has 11 heteroatoms. The quantitative estimate of drug-likeness (QED) is 0.337. The standard InChI is InChI=1S/C29H34N6O3S2/c1-18-14-19(2)32-28(31-18)35-40(37,38)24-9-7-23(8-10-24)33-26(36)12-13-39-27-21(17-30)15-20-16-22(29(3,4)5)6-11-25(20)34-27/h7-10,14-15,22H,6,11-13,16H2,1-5H3,(H,33,36)(H,31,32,35). The molecule has 0 radical (unpaired) electrons. The third kappa shape index (κ3) is 7.37. The second-order valence-electron chi connectivity index (χ2n) is 11.1. The number of rotatable bonds is 8. The summed E-state index contributed by atoms with van der Waals surface area (Å²) in [7, 11) is -3.89. The summed E-state index contributed by atoms with van der Waals surface area (Å²) in [5.74, 6) is 0.819. The molecule has 2 heterocycles. The summed E-state index contributed by atoms with van der Waals surface area (Å²) in [4.78, 5) is 25.6. The number of nitrogens with zero attached hydrogens (tertiary/aromatic N) is 4. The Bertz CT molecular complexity index is 1540. The van der Waals surface area contributed by atoms with E-state index in [-0.39, 0.29) is 28.6 Å². The molecule has 40 heavy (non-hydrogen) atoms. The lowest BCUT2D eigenvalue weighted by molar-refractivity contribution is -0.115.